The van der Waals surface area contributed by atoms with Crippen LogP contribution in [0.25, 0.3) is 0 Å². The highest BCUT2D eigenvalue weighted by Crippen LogP contribution is 2.39. The molecule has 114 valence electrons. The molecular formula is C17H25N3O. The molecule has 0 aromatic heterocycles. The monoisotopic (exact) mass is 287 g/mol. The molecule has 2 N–H and O–H groups in total. The first kappa shape index (κ1) is 14.4. The van der Waals surface area contributed by atoms with Crippen LogP contribution in [-0.2, 0) is 4.79 Å². The first-order chi connectivity index (χ1) is 9.79. The lowest BCUT2D eigenvalue weighted by Gasteiger charge is -2.27. The molecule has 0 aliphatic carbocycles. The van der Waals surface area contributed by atoms with Gasteiger partial charge < -0.3 is 15.5 Å². The van der Waals surface area contributed by atoms with E-state index in [0.29, 0.717) is 11.3 Å². The number of hydrogen-bond acceptors (Lipinski definition) is 3. The molecular weight excluding hydrogens is 262 g/mol. The molecule has 4 heteroatoms. The van der Waals surface area contributed by atoms with Gasteiger partial charge in [0, 0.05) is 31.4 Å². The van der Waals surface area contributed by atoms with Gasteiger partial charge in [0.15, 0.2) is 0 Å². The van der Waals surface area contributed by atoms with E-state index in [1.165, 1.54) is 12.1 Å². The van der Waals surface area contributed by atoms with Crippen molar-refractivity contribution >= 4 is 17.3 Å². The number of nitrogens with two attached hydrogens (primary N) is 1. The molecule has 1 fully saturated rings. The number of likely N-dealkylation sites (N-methyl/N-ethyl adjacent to an activating group) is 1. The molecule has 0 bridgehead atoms. The van der Waals surface area contributed by atoms with Gasteiger partial charge in [-0.3, -0.25) is 4.79 Å². The minimum Gasteiger partial charge on any atom is -0.371 e. The Kier molecular flexibility index (Phi) is 3.24. The highest BCUT2D eigenvalue weighted by molar-refractivity contribution is 6.04. The van der Waals surface area contributed by atoms with Crippen LogP contribution in [0.4, 0.5) is 11.4 Å². The number of anilines is 2. The minimum absolute atomic E-state index is 0.0175. The summed E-state index contributed by atoms with van der Waals surface area (Å²) in [6.07, 6.45) is 1.23. The van der Waals surface area contributed by atoms with Crippen LogP contribution in [0.5, 0.6) is 0 Å². The van der Waals surface area contributed by atoms with Crippen LogP contribution in [0, 0.1) is 11.3 Å². The lowest BCUT2D eigenvalue weighted by atomic mass is 9.80. The SMILES string of the molecule is CN1C(=O)C(N)c2ccc(N3CCC(C(C)(C)C)C3)cc21. The van der Waals surface area contributed by atoms with Crippen molar-refractivity contribution in [2.45, 2.75) is 33.2 Å². The zero-order valence-corrected chi connectivity index (χ0v) is 13.4. The van der Waals surface area contributed by atoms with Gasteiger partial charge in [0.1, 0.15) is 6.04 Å². The second kappa shape index (κ2) is 4.73. The van der Waals surface area contributed by atoms with E-state index in [1.807, 2.05) is 6.07 Å². The highest BCUT2D eigenvalue weighted by Gasteiger charge is 2.35. The van der Waals surface area contributed by atoms with Crippen molar-refractivity contribution in [3.63, 3.8) is 0 Å². The smallest absolute Gasteiger partial charge is 0.248 e. The molecule has 2 heterocycles. The van der Waals surface area contributed by atoms with Gasteiger partial charge >= 0.3 is 0 Å². The Balaban J connectivity index is 1.85. The standard InChI is InChI=1S/C17H25N3O/c1-17(2,3)11-7-8-20(10-11)12-5-6-13-14(9-12)19(4)16(21)15(13)18/h5-6,9,11,15H,7-8,10,18H2,1-4H3. The van der Waals surface area contributed by atoms with Gasteiger partial charge in [-0.15, -0.1) is 0 Å². The molecule has 1 aromatic carbocycles. The first-order valence-corrected chi connectivity index (χ1v) is 7.71. The predicted molar refractivity (Wildman–Crippen MR) is 86.6 cm³/mol. The molecule has 0 saturated carbocycles. The Labute approximate surface area is 126 Å². The number of carbonyl (C=O) groups excluding carboxylic acids is 1. The van der Waals surface area contributed by atoms with Crippen molar-refractivity contribution in [3.8, 4) is 0 Å². The topological polar surface area (TPSA) is 49.6 Å². The summed E-state index contributed by atoms with van der Waals surface area (Å²) in [7, 11) is 1.81. The molecule has 0 radical (unpaired) electrons. The molecule has 1 saturated heterocycles. The summed E-state index contributed by atoms with van der Waals surface area (Å²) in [5.74, 6) is 0.698. The van der Waals surface area contributed by atoms with E-state index in [4.69, 9.17) is 5.73 Å². The zero-order valence-electron chi connectivity index (χ0n) is 13.4. The largest absolute Gasteiger partial charge is 0.371 e. The van der Waals surface area contributed by atoms with Crippen molar-refractivity contribution in [3.05, 3.63) is 23.8 Å². The normalized spacial score (nSPS) is 25.7. The van der Waals surface area contributed by atoms with Gasteiger partial charge in [-0.05, 0) is 29.9 Å². The van der Waals surface area contributed by atoms with Crippen LogP contribution >= 0.6 is 0 Å². The third-order valence-corrected chi connectivity index (χ3v) is 5.09. The highest BCUT2D eigenvalue weighted by atomic mass is 16.2. The second-order valence-electron chi connectivity index (χ2n) is 7.42. The molecule has 4 nitrogen and oxygen atoms in total. The summed E-state index contributed by atoms with van der Waals surface area (Å²) in [4.78, 5) is 16.1. The average Bonchev–Trinajstić information content (AvgIpc) is 3.00. The number of fused-ring (bicyclic) bond motifs is 1. The Morgan fingerprint density at radius 1 is 1.29 bits per heavy atom. The van der Waals surface area contributed by atoms with Crippen LogP contribution < -0.4 is 15.5 Å². The van der Waals surface area contributed by atoms with E-state index in [0.717, 1.165) is 24.3 Å². The molecule has 1 amide bonds. The van der Waals surface area contributed by atoms with Crippen molar-refractivity contribution in [2.24, 2.45) is 17.1 Å². The summed E-state index contributed by atoms with van der Waals surface area (Å²) >= 11 is 0. The summed E-state index contributed by atoms with van der Waals surface area (Å²) in [5, 5.41) is 0. The maximum Gasteiger partial charge on any atom is 0.248 e. The lowest BCUT2D eigenvalue weighted by molar-refractivity contribution is -0.118. The Hall–Kier alpha value is -1.55. The van der Waals surface area contributed by atoms with Crippen molar-refractivity contribution < 1.29 is 4.79 Å². The predicted octanol–water partition coefficient (Wildman–Crippen LogP) is 2.54. The van der Waals surface area contributed by atoms with Gasteiger partial charge in [-0.1, -0.05) is 26.8 Å². The van der Waals surface area contributed by atoms with Gasteiger partial charge in [0.25, 0.3) is 0 Å². The fourth-order valence-electron chi connectivity index (χ4n) is 3.44. The van der Waals surface area contributed by atoms with E-state index >= 15 is 0 Å². The molecule has 3 rings (SSSR count). The fourth-order valence-corrected chi connectivity index (χ4v) is 3.44. The lowest BCUT2D eigenvalue weighted by Crippen LogP contribution is -2.28. The molecule has 1 aromatic rings. The van der Waals surface area contributed by atoms with E-state index in [-0.39, 0.29) is 5.91 Å². The third-order valence-electron chi connectivity index (χ3n) is 5.09. The quantitative estimate of drug-likeness (QED) is 0.863. The molecule has 2 aliphatic rings. The maximum atomic E-state index is 12.0. The van der Waals surface area contributed by atoms with Crippen LogP contribution in [0.15, 0.2) is 18.2 Å². The molecule has 21 heavy (non-hydrogen) atoms. The maximum absolute atomic E-state index is 12.0. The van der Waals surface area contributed by atoms with Gasteiger partial charge in [0.2, 0.25) is 5.91 Å². The van der Waals surface area contributed by atoms with E-state index < -0.39 is 6.04 Å². The van der Waals surface area contributed by atoms with Crippen LogP contribution in [0.3, 0.4) is 0 Å². The molecule has 2 atom stereocenters. The Bertz CT molecular complexity index is 576. The van der Waals surface area contributed by atoms with Crippen LogP contribution in [0.1, 0.15) is 38.8 Å². The van der Waals surface area contributed by atoms with E-state index in [2.05, 4.69) is 37.8 Å². The van der Waals surface area contributed by atoms with Crippen LogP contribution in [-0.4, -0.2) is 26.0 Å². The van der Waals surface area contributed by atoms with Crippen molar-refractivity contribution in [1.82, 2.24) is 0 Å². The zero-order chi connectivity index (χ0) is 15.4. The third kappa shape index (κ3) is 2.31. The summed E-state index contributed by atoms with van der Waals surface area (Å²) in [5.41, 5.74) is 9.41. The number of amides is 1. The molecule has 0 spiro atoms. The summed E-state index contributed by atoms with van der Waals surface area (Å²) in [6, 6.07) is 5.74. The Morgan fingerprint density at radius 3 is 2.62 bits per heavy atom. The number of benzene rings is 1. The van der Waals surface area contributed by atoms with Crippen molar-refractivity contribution in [1.29, 1.82) is 0 Å². The molecule has 2 unspecified atom stereocenters. The Morgan fingerprint density at radius 2 is 2.00 bits per heavy atom. The van der Waals surface area contributed by atoms with Gasteiger partial charge in [0.05, 0.1) is 5.69 Å². The number of rotatable bonds is 1. The molecule has 2 aliphatic heterocycles. The van der Waals surface area contributed by atoms with E-state index in [1.54, 1.807) is 11.9 Å². The fraction of sp³-hybridized carbons (Fsp3) is 0.588. The summed E-state index contributed by atoms with van der Waals surface area (Å²) < 4.78 is 0. The number of nitrogens with zero attached hydrogens (tertiary/aromatic N) is 2. The van der Waals surface area contributed by atoms with Gasteiger partial charge in [-0.2, -0.15) is 0 Å². The van der Waals surface area contributed by atoms with E-state index in [9.17, 15) is 4.79 Å². The average molecular weight is 287 g/mol. The minimum atomic E-state index is -0.500. The van der Waals surface area contributed by atoms with Gasteiger partial charge in [-0.25, -0.2) is 0 Å². The number of carbonyl (C=O) groups is 1. The van der Waals surface area contributed by atoms with Crippen LogP contribution in [0.2, 0.25) is 0 Å². The van der Waals surface area contributed by atoms with Crippen molar-refractivity contribution in [2.75, 3.05) is 29.9 Å². The first-order valence-electron chi connectivity index (χ1n) is 7.71. The number of hydrogen-bond donors (Lipinski definition) is 1. The summed E-state index contributed by atoms with van der Waals surface area (Å²) in [6.45, 7) is 9.12. The second-order valence-corrected chi connectivity index (χ2v) is 7.42.